The molecule has 0 atom stereocenters. The first-order valence-electron chi connectivity index (χ1n) is 8.99. The number of para-hydroxylation sites is 1. The predicted molar refractivity (Wildman–Crippen MR) is 107 cm³/mol. The van der Waals surface area contributed by atoms with Gasteiger partial charge in [0.05, 0.1) is 18.2 Å². The highest BCUT2D eigenvalue weighted by atomic mass is 35.5. The topological polar surface area (TPSA) is 55.6 Å². The smallest absolute Gasteiger partial charge is 0.213 e. The molecular weight excluding hydrogens is 362 g/mol. The molecule has 0 radical (unpaired) electrons. The maximum absolute atomic E-state index is 6.21. The molecule has 1 aliphatic rings. The summed E-state index contributed by atoms with van der Waals surface area (Å²) in [7, 11) is 1.67. The van der Waals surface area contributed by atoms with Gasteiger partial charge in [-0.2, -0.15) is 0 Å². The lowest BCUT2D eigenvalue weighted by Crippen LogP contribution is -2.22. The molecule has 0 amide bonds. The number of anilines is 1. The maximum Gasteiger partial charge on any atom is 0.213 e. The van der Waals surface area contributed by atoms with E-state index in [9.17, 15) is 0 Å². The number of benzene rings is 2. The van der Waals surface area contributed by atoms with E-state index in [0.717, 1.165) is 65.6 Å². The molecule has 136 valence electrons. The normalized spacial score (nSPS) is 14.4. The molecule has 0 unspecified atom stereocenters. The van der Waals surface area contributed by atoms with Crippen molar-refractivity contribution in [1.29, 1.82) is 0 Å². The molecule has 0 spiro atoms. The Morgan fingerprint density at radius 1 is 1.04 bits per heavy atom. The summed E-state index contributed by atoms with van der Waals surface area (Å²) in [6.07, 6.45) is 2.31. The second-order valence-electron chi connectivity index (χ2n) is 6.65. The number of fused-ring (bicyclic) bond motifs is 3. The van der Waals surface area contributed by atoms with E-state index in [4.69, 9.17) is 21.3 Å². The van der Waals surface area contributed by atoms with Gasteiger partial charge in [0.1, 0.15) is 5.75 Å². The molecule has 27 heavy (non-hydrogen) atoms. The van der Waals surface area contributed by atoms with Crippen LogP contribution in [0.15, 0.2) is 42.5 Å². The molecule has 1 aliphatic heterocycles. The Morgan fingerprint density at radius 3 is 2.67 bits per heavy atom. The third-order valence-corrected chi connectivity index (χ3v) is 5.26. The van der Waals surface area contributed by atoms with Crippen LogP contribution in [0.2, 0.25) is 5.02 Å². The molecule has 4 aromatic rings. The third kappa shape index (κ3) is 2.59. The number of rotatable bonds is 3. The van der Waals surface area contributed by atoms with E-state index >= 15 is 0 Å². The molecule has 3 heterocycles. The van der Waals surface area contributed by atoms with Crippen molar-refractivity contribution >= 4 is 34.1 Å². The summed E-state index contributed by atoms with van der Waals surface area (Å²) in [5.74, 6) is 2.34. The zero-order valence-electron chi connectivity index (χ0n) is 14.9. The monoisotopic (exact) mass is 379 g/mol. The van der Waals surface area contributed by atoms with Gasteiger partial charge in [-0.05, 0) is 43.2 Å². The lowest BCUT2D eigenvalue weighted by Gasteiger charge is -2.19. The molecule has 0 saturated carbocycles. The molecule has 1 saturated heterocycles. The van der Waals surface area contributed by atoms with E-state index in [0.29, 0.717) is 5.02 Å². The van der Waals surface area contributed by atoms with E-state index < -0.39 is 0 Å². The minimum Gasteiger partial charge on any atom is -0.496 e. The van der Waals surface area contributed by atoms with Crippen LogP contribution in [0.25, 0.3) is 27.9 Å². The Balaban J connectivity index is 1.87. The number of ether oxygens (including phenoxy) is 1. The standard InChI is InChI=1S/C20H18ClN5O/c1-27-17-7-3-2-6-15(17)19-24-23-18-14-9-8-13(21)12-16(14)22-20(26(18)19)25-10-4-5-11-25/h2-3,6-9,12H,4-5,10-11H2,1H3. The third-order valence-electron chi connectivity index (χ3n) is 5.02. The van der Waals surface area contributed by atoms with Crippen LogP contribution in [0.1, 0.15) is 12.8 Å². The Morgan fingerprint density at radius 2 is 1.85 bits per heavy atom. The molecule has 5 rings (SSSR count). The number of methoxy groups -OCH3 is 1. The molecule has 0 bridgehead atoms. The summed E-state index contributed by atoms with van der Waals surface area (Å²) < 4.78 is 7.60. The van der Waals surface area contributed by atoms with Gasteiger partial charge < -0.3 is 9.64 Å². The molecule has 7 heteroatoms. The van der Waals surface area contributed by atoms with Gasteiger partial charge in [-0.25, -0.2) is 9.38 Å². The fraction of sp³-hybridized carbons (Fsp3) is 0.250. The van der Waals surface area contributed by atoms with Crippen LogP contribution in [-0.4, -0.2) is 39.8 Å². The number of nitrogens with zero attached hydrogens (tertiary/aromatic N) is 5. The van der Waals surface area contributed by atoms with Crippen LogP contribution in [-0.2, 0) is 0 Å². The highest BCUT2D eigenvalue weighted by Crippen LogP contribution is 2.34. The van der Waals surface area contributed by atoms with Gasteiger partial charge in [0.15, 0.2) is 11.5 Å². The fourth-order valence-corrected chi connectivity index (χ4v) is 3.89. The summed E-state index contributed by atoms with van der Waals surface area (Å²) in [5.41, 5.74) is 2.50. The van der Waals surface area contributed by atoms with Crippen molar-refractivity contribution in [2.24, 2.45) is 0 Å². The van der Waals surface area contributed by atoms with Crippen molar-refractivity contribution in [1.82, 2.24) is 19.6 Å². The van der Waals surface area contributed by atoms with E-state index in [2.05, 4.69) is 15.1 Å². The number of hydrogen-bond acceptors (Lipinski definition) is 5. The first-order chi connectivity index (χ1) is 13.3. The first-order valence-corrected chi connectivity index (χ1v) is 9.37. The van der Waals surface area contributed by atoms with Crippen LogP contribution in [0, 0.1) is 0 Å². The summed E-state index contributed by atoms with van der Waals surface area (Å²) in [6.45, 7) is 1.94. The van der Waals surface area contributed by atoms with Gasteiger partial charge in [-0.3, -0.25) is 0 Å². The Kier molecular flexibility index (Phi) is 3.86. The fourth-order valence-electron chi connectivity index (χ4n) is 3.73. The second-order valence-corrected chi connectivity index (χ2v) is 7.09. The molecule has 0 N–H and O–H groups in total. The minimum atomic E-state index is 0.663. The molecule has 1 fully saturated rings. The van der Waals surface area contributed by atoms with E-state index in [1.165, 1.54) is 0 Å². The summed E-state index contributed by atoms with van der Waals surface area (Å²) in [5, 5.41) is 10.6. The number of aromatic nitrogens is 4. The zero-order valence-corrected chi connectivity index (χ0v) is 15.6. The summed E-state index contributed by atoms with van der Waals surface area (Å²) in [4.78, 5) is 7.23. The molecule has 0 aliphatic carbocycles. The first kappa shape index (κ1) is 16.3. The van der Waals surface area contributed by atoms with Crippen LogP contribution < -0.4 is 9.64 Å². The van der Waals surface area contributed by atoms with Crippen molar-refractivity contribution in [2.75, 3.05) is 25.1 Å². The van der Waals surface area contributed by atoms with Gasteiger partial charge in [0.25, 0.3) is 0 Å². The van der Waals surface area contributed by atoms with Gasteiger partial charge in [-0.1, -0.05) is 23.7 Å². The van der Waals surface area contributed by atoms with Gasteiger partial charge in [-0.15, -0.1) is 10.2 Å². The highest BCUT2D eigenvalue weighted by Gasteiger charge is 2.23. The Labute approximate surface area is 161 Å². The van der Waals surface area contributed by atoms with E-state index in [-0.39, 0.29) is 0 Å². The molecule has 6 nitrogen and oxygen atoms in total. The highest BCUT2D eigenvalue weighted by molar-refractivity contribution is 6.31. The lowest BCUT2D eigenvalue weighted by atomic mass is 10.2. The average Bonchev–Trinajstić information content (AvgIpc) is 3.37. The minimum absolute atomic E-state index is 0.663. The SMILES string of the molecule is COc1ccccc1-c1nnc2c3ccc(Cl)cc3nc(N3CCCC3)n12. The molecule has 2 aromatic heterocycles. The maximum atomic E-state index is 6.21. The van der Waals surface area contributed by atoms with E-state index in [1.807, 2.05) is 46.9 Å². The largest absolute Gasteiger partial charge is 0.496 e. The van der Waals surface area contributed by atoms with Crippen molar-refractivity contribution in [3.05, 3.63) is 47.5 Å². The van der Waals surface area contributed by atoms with E-state index in [1.54, 1.807) is 7.11 Å². The zero-order chi connectivity index (χ0) is 18.4. The second kappa shape index (κ2) is 6.39. The molecular formula is C20H18ClN5O. The summed E-state index contributed by atoms with van der Waals surface area (Å²) >= 11 is 6.21. The van der Waals surface area contributed by atoms with Crippen LogP contribution in [0.5, 0.6) is 5.75 Å². The van der Waals surface area contributed by atoms with Crippen LogP contribution in [0.3, 0.4) is 0 Å². The van der Waals surface area contributed by atoms with Crippen molar-refractivity contribution in [3.63, 3.8) is 0 Å². The number of hydrogen-bond donors (Lipinski definition) is 0. The molecule has 2 aromatic carbocycles. The van der Waals surface area contributed by atoms with Crippen LogP contribution in [0.4, 0.5) is 5.95 Å². The average molecular weight is 380 g/mol. The predicted octanol–water partition coefficient (Wildman–Crippen LogP) is 4.21. The number of halogens is 1. The Hall–Kier alpha value is -2.86. The summed E-state index contributed by atoms with van der Waals surface area (Å²) in [6, 6.07) is 13.5. The van der Waals surface area contributed by atoms with Gasteiger partial charge in [0, 0.05) is 23.5 Å². The van der Waals surface area contributed by atoms with Crippen molar-refractivity contribution in [2.45, 2.75) is 12.8 Å². The van der Waals surface area contributed by atoms with Crippen molar-refractivity contribution < 1.29 is 4.74 Å². The quantitative estimate of drug-likeness (QED) is 0.533. The van der Waals surface area contributed by atoms with Crippen LogP contribution >= 0.6 is 11.6 Å². The van der Waals surface area contributed by atoms with Gasteiger partial charge >= 0.3 is 0 Å². The lowest BCUT2D eigenvalue weighted by molar-refractivity contribution is 0.416. The Bertz CT molecular complexity index is 1150. The van der Waals surface area contributed by atoms with Crippen molar-refractivity contribution in [3.8, 4) is 17.1 Å². The van der Waals surface area contributed by atoms with Gasteiger partial charge in [0.2, 0.25) is 5.95 Å².